The molecular formula is C19H19N3O3. The first kappa shape index (κ1) is 16.7. The van der Waals surface area contributed by atoms with Crippen LogP contribution in [0.5, 0.6) is 0 Å². The highest BCUT2D eigenvalue weighted by Gasteiger charge is 2.29. The van der Waals surface area contributed by atoms with Crippen LogP contribution in [0.15, 0.2) is 42.5 Å². The molecule has 0 radical (unpaired) electrons. The molecule has 0 bridgehead atoms. The number of primary amides is 1. The number of aryl methyl sites for hydroxylation is 1. The largest absolute Gasteiger partial charge is 0.366 e. The van der Waals surface area contributed by atoms with Gasteiger partial charge in [0.05, 0.1) is 11.3 Å². The van der Waals surface area contributed by atoms with Crippen molar-refractivity contribution in [3.63, 3.8) is 0 Å². The van der Waals surface area contributed by atoms with Crippen LogP contribution in [0.3, 0.4) is 0 Å². The van der Waals surface area contributed by atoms with Crippen LogP contribution in [-0.2, 0) is 4.79 Å². The second-order valence-electron chi connectivity index (χ2n) is 6.16. The lowest BCUT2D eigenvalue weighted by molar-refractivity contribution is -0.117. The summed E-state index contributed by atoms with van der Waals surface area (Å²) >= 11 is 0. The van der Waals surface area contributed by atoms with Crippen molar-refractivity contribution in [1.82, 2.24) is 0 Å². The van der Waals surface area contributed by atoms with Gasteiger partial charge in [-0.15, -0.1) is 0 Å². The van der Waals surface area contributed by atoms with E-state index in [1.807, 2.05) is 0 Å². The van der Waals surface area contributed by atoms with Crippen LogP contribution < -0.4 is 16.4 Å². The molecule has 1 fully saturated rings. The number of rotatable bonds is 5. The second kappa shape index (κ2) is 6.76. The van der Waals surface area contributed by atoms with E-state index in [1.54, 1.807) is 49.4 Å². The first-order valence-corrected chi connectivity index (χ1v) is 8.07. The fourth-order valence-electron chi connectivity index (χ4n) is 2.62. The zero-order valence-corrected chi connectivity index (χ0v) is 13.8. The Balaban J connectivity index is 1.79. The van der Waals surface area contributed by atoms with Gasteiger partial charge in [0.1, 0.15) is 0 Å². The molecule has 0 unspecified atom stereocenters. The van der Waals surface area contributed by atoms with Crippen molar-refractivity contribution in [2.75, 3.05) is 10.6 Å². The van der Waals surface area contributed by atoms with Gasteiger partial charge in [-0.05, 0) is 49.6 Å². The Labute approximate surface area is 145 Å². The highest BCUT2D eigenvalue weighted by molar-refractivity contribution is 6.09. The summed E-state index contributed by atoms with van der Waals surface area (Å²) in [5.74, 6) is -0.912. The van der Waals surface area contributed by atoms with Crippen molar-refractivity contribution < 1.29 is 14.4 Å². The van der Waals surface area contributed by atoms with Crippen LogP contribution in [0.4, 0.5) is 11.4 Å². The van der Waals surface area contributed by atoms with Gasteiger partial charge >= 0.3 is 0 Å². The first-order chi connectivity index (χ1) is 12.0. The third kappa shape index (κ3) is 3.85. The van der Waals surface area contributed by atoms with E-state index in [0.29, 0.717) is 22.5 Å². The summed E-state index contributed by atoms with van der Waals surface area (Å²) in [6.45, 7) is 1.75. The third-order valence-corrected chi connectivity index (χ3v) is 4.11. The minimum absolute atomic E-state index is 0.0211. The Morgan fingerprint density at radius 1 is 1.04 bits per heavy atom. The summed E-state index contributed by atoms with van der Waals surface area (Å²) < 4.78 is 0. The van der Waals surface area contributed by atoms with Crippen molar-refractivity contribution >= 4 is 29.1 Å². The van der Waals surface area contributed by atoms with Crippen molar-refractivity contribution in [2.24, 2.45) is 11.7 Å². The summed E-state index contributed by atoms with van der Waals surface area (Å²) in [5.41, 5.74) is 7.70. The van der Waals surface area contributed by atoms with Gasteiger partial charge in [-0.25, -0.2) is 0 Å². The maximum absolute atomic E-state index is 12.5. The highest BCUT2D eigenvalue weighted by atomic mass is 16.2. The Bertz CT molecular complexity index is 857. The van der Waals surface area contributed by atoms with E-state index < -0.39 is 5.91 Å². The van der Waals surface area contributed by atoms with Gasteiger partial charge in [-0.1, -0.05) is 18.2 Å². The first-order valence-electron chi connectivity index (χ1n) is 8.07. The normalized spacial score (nSPS) is 13.2. The fraction of sp³-hybridized carbons (Fsp3) is 0.211. The van der Waals surface area contributed by atoms with Crippen molar-refractivity contribution in [3.8, 4) is 0 Å². The van der Waals surface area contributed by atoms with Crippen molar-refractivity contribution in [2.45, 2.75) is 19.8 Å². The molecule has 1 saturated carbocycles. The molecule has 3 amide bonds. The molecule has 6 heteroatoms. The quantitative estimate of drug-likeness (QED) is 0.782. The average Bonchev–Trinajstić information content (AvgIpc) is 3.39. The second-order valence-corrected chi connectivity index (χ2v) is 6.16. The van der Waals surface area contributed by atoms with E-state index in [9.17, 15) is 14.4 Å². The minimum atomic E-state index is -0.598. The number of nitrogens with one attached hydrogen (secondary N) is 2. The van der Waals surface area contributed by atoms with E-state index in [-0.39, 0.29) is 23.3 Å². The van der Waals surface area contributed by atoms with Crippen LogP contribution in [-0.4, -0.2) is 17.7 Å². The maximum Gasteiger partial charge on any atom is 0.255 e. The van der Waals surface area contributed by atoms with E-state index in [0.717, 1.165) is 12.8 Å². The molecule has 0 aliphatic heterocycles. The average molecular weight is 337 g/mol. The zero-order chi connectivity index (χ0) is 18.0. The molecule has 0 aromatic heterocycles. The van der Waals surface area contributed by atoms with Crippen molar-refractivity contribution in [3.05, 3.63) is 59.2 Å². The smallest absolute Gasteiger partial charge is 0.255 e. The standard InChI is InChI=1S/C19H19N3O3/c1-11-4-2-7-15(16(11)17(20)23)22-19(25)13-5-3-6-14(10-13)21-18(24)12-8-9-12/h2-7,10,12H,8-9H2,1H3,(H2,20,23)(H,21,24)(H,22,25). The number of benzene rings is 2. The van der Waals surface area contributed by atoms with Gasteiger partial charge < -0.3 is 16.4 Å². The Morgan fingerprint density at radius 3 is 2.44 bits per heavy atom. The molecule has 3 rings (SSSR count). The molecule has 0 heterocycles. The predicted molar refractivity (Wildman–Crippen MR) is 95.4 cm³/mol. The van der Waals surface area contributed by atoms with E-state index >= 15 is 0 Å². The molecule has 0 spiro atoms. The number of carbonyl (C=O) groups is 3. The van der Waals surface area contributed by atoms with E-state index in [2.05, 4.69) is 10.6 Å². The fourth-order valence-corrected chi connectivity index (χ4v) is 2.62. The third-order valence-electron chi connectivity index (χ3n) is 4.11. The lowest BCUT2D eigenvalue weighted by Crippen LogP contribution is -2.19. The van der Waals surface area contributed by atoms with Crippen LogP contribution in [0.1, 0.15) is 39.1 Å². The number of anilines is 2. The summed E-state index contributed by atoms with van der Waals surface area (Å²) in [7, 11) is 0. The van der Waals surface area contributed by atoms with E-state index in [1.165, 1.54) is 0 Å². The highest BCUT2D eigenvalue weighted by Crippen LogP contribution is 2.30. The molecular weight excluding hydrogens is 318 g/mol. The Kier molecular flexibility index (Phi) is 4.52. The van der Waals surface area contributed by atoms with Crippen LogP contribution >= 0.6 is 0 Å². The summed E-state index contributed by atoms with van der Waals surface area (Å²) in [4.78, 5) is 36.0. The molecule has 25 heavy (non-hydrogen) atoms. The lowest BCUT2D eigenvalue weighted by atomic mass is 10.1. The van der Waals surface area contributed by atoms with Gasteiger partial charge in [0.15, 0.2) is 0 Å². The topological polar surface area (TPSA) is 101 Å². The van der Waals surface area contributed by atoms with E-state index in [4.69, 9.17) is 5.73 Å². The molecule has 1 aliphatic carbocycles. The Hall–Kier alpha value is -3.15. The minimum Gasteiger partial charge on any atom is -0.366 e. The van der Waals surface area contributed by atoms with Gasteiger partial charge in [0, 0.05) is 17.2 Å². The molecule has 2 aromatic rings. The number of carbonyl (C=O) groups excluding carboxylic acids is 3. The molecule has 0 atom stereocenters. The number of nitrogens with two attached hydrogens (primary N) is 1. The molecule has 1 aliphatic rings. The molecule has 6 nitrogen and oxygen atoms in total. The molecule has 2 aromatic carbocycles. The SMILES string of the molecule is Cc1cccc(NC(=O)c2cccc(NC(=O)C3CC3)c2)c1C(N)=O. The summed E-state index contributed by atoms with van der Waals surface area (Å²) in [6, 6.07) is 11.8. The zero-order valence-electron chi connectivity index (χ0n) is 13.8. The molecule has 128 valence electrons. The lowest BCUT2D eigenvalue weighted by Gasteiger charge is -2.12. The van der Waals surface area contributed by atoms with Gasteiger partial charge in [-0.3, -0.25) is 14.4 Å². The monoisotopic (exact) mass is 337 g/mol. The van der Waals surface area contributed by atoms with Crippen LogP contribution in [0, 0.1) is 12.8 Å². The number of hydrogen-bond acceptors (Lipinski definition) is 3. The van der Waals surface area contributed by atoms with Gasteiger partial charge in [0.25, 0.3) is 11.8 Å². The molecule has 0 saturated heterocycles. The molecule has 4 N–H and O–H groups in total. The van der Waals surface area contributed by atoms with Crippen LogP contribution in [0.25, 0.3) is 0 Å². The van der Waals surface area contributed by atoms with Gasteiger partial charge in [-0.2, -0.15) is 0 Å². The maximum atomic E-state index is 12.5. The van der Waals surface area contributed by atoms with Crippen molar-refractivity contribution in [1.29, 1.82) is 0 Å². The predicted octanol–water partition coefficient (Wildman–Crippen LogP) is 2.69. The number of hydrogen-bond donors (Lipinski definition) is 3. The number of amides is 3. The summed E-state index contributed by atoms with van der Waals surface area (Å²) in [5, 5.41) is 5.52. The van der Waals surface area contributed by atoms with Crippen LogP contribution in [0.2, 0.25) is 0 Å². The summed E-state index contributed by atoms with van der Waals surface area (Å²) in [6.07, 6.45) is 1.82. The van der Waals surface area contributed by atoms with Gasteiger partial charge in [0.2, 0.25) is 5.91 Å². The Morgan fingerprint density at radius 2 is 1.76 bits per heavy atom.